The van der Waals surface area contributed by atoms with E-state index in [4.69, 9.17) is 28.9 Å². The van der Waals surface area contributed by atoms with Crippen LogP contribution in [0, 0.1) is 5.41 Å². The van der Waals surface area contributed by atoms with Crippen molar-refractivity contribution >= 4 is 29.1 Å². The first-order chi connectivity index (χ1) is 8.91. The number of nitrogens with two attached hydrogens (primary N) is 1. The summed E-state index contributed by atoms with van der Waals surface area (Å²) in [5.74, 6) is 0.105. The van der Waals surface area contributed by atoms with Gasteiger partial charge in [0.1, 0.15) is 0 Å². The number of rotatable bonds is 4. The molecule has 1 aliphatic rings. The molecule has 1 amide bonds. The van der Waals surface area contributed by atoms with E-state index in [0.29, 0.717) is 16.6 Å². The molecule has 0 saturated heterocycles. The largest absolute Gasteiger partial charge is 0.338 e. The molecule has 0 aliphatic heterocycles. The Kier molecular flexibility index (Phi) is 4.09. The highest BCUT2D eigenvalue weighted by atomic mass is 35.5. The monoisotopic (exact) mass is 300 g/mol. The normalized spacial score (nSPS) is 17.9. The summed E-state index contributed by atoms with van der Waals surface area (Å²) in [4.78, 5) is 14.2. The summed E-state index contributed by atoms with van der Waals surface area (Å²) in [6.45, 7) is 2.37. The molecule has 0 aromatic heterocycles. The third kappa shape index (κ3) is 2.73. The molecule has 1 fully saturated rings. The number of carbonyl (C=O) groups is 1. The lowest BCUT2D eigenvalue weighted by Gasteiger charge is -2.29. The van der Waals surface area contributed by atoms with E-state index in [1.54, 1.807) is 24.1 Å². The fraction of sp³-hybridized carbons (Fsp3) is 0.500. The first-order valence-electron chi connectivity index (χ1n) is 6.33. The highest BCUT2D eigenvalue weighted by Gasteiger charge is 2.50. The van der Waals surface area contributed by atoms with Gasteiger partial charge in [-0.15, -0.1) is 0 Å². The Hall–Kier alpha value is -0.770. The second-order valence-corrected chi connectivity index (χ2v) is 6.09. The van der Waals surface area contributed by atoms with Crippen molar-refractivity contribution in [1.29, 1.82) is 0 Å². The fourth-order valence-corrected chi connectivity index (χ4v) is 2.82. The number of halogens is 2. The van der Waals surface area contributed by atoms with Gasteiger partial charge in [0.05, 0.1) is 11.5 Å². The minimum absolute atomic E-state index is 0.0960. The topological polar surface area (TPSA) is 46.3 Å². The zero-order valence-corrected chi connectivity index (χ0v) is 12.6. The van der Waals surface area contributed by atoms with E-state index < -0.39 is 0 Å². The van der Waals surface area contributed by atoms with E-state index in [1.165, 1.54) is 0 Å². The van der Waals surface area contributed by atoms with E-state index in [-0.39, 0.29) is 17.4 Å². The van der Waals surface area contributed by atoms with Crippen molar-refractivity contribution in [2.75, 3.05) is 13.6 Å². The highest BCUT2D eigenvalue weighted by molar-refractivity contribution is 6.35. The van der Waals surface area contributed by atoms with Gasteiger partial charge in [0.2, 0.25) is 5.91 Å². The van der Waals surface area contributed by atoms with Crippen molar-refractivity contribution in [2.45, 2.75) is 25.8 Å². The van der Waals surface area contributed by atoms with Crippen LogP contribution in [0.25, 0.3) is 0 Å². The Morgan fingerprint density at radius 1 is 1.47 bits per heavy atom. The number of amides is 1. The molecule has 1 aliphatic carbocycles. The molecule has 19 heavy (non-hydrogen) atoms. The summed E-state index contributed by atoms with van der Waals surface area (Å²) in [6, 6.07) is 5.25. The number of hydrogen-bond acceptors (Lipinski definition) is 2. The van der Waals surface area contributed by atoms with Crippen LogP contribution < -0.4 is 5.73 Å². The molecule has 2 N–H and O–H groups in total. The molecule has 1 aromatic rings. The van der Waals surface area contributed by atoms with Gasteiger partial charge >= 0.3 is 0 Å². The van der Waals surface area contributed by atoms with Crippen LogP contribution in [0.15, 0.2) is 18.2 Å². The molecule has 104 valence electrons. The standard InChI is InChI=1S/C14H18Cl2N2O/c1-9(11-4-3-10(15)7-12(11)16)18(2)13(19)14(8-17)5-6-14/h3-4,7,9H,5-6,8,17H2,1-2H3. The predicted octanol–water partition coefficient (Wildman–Crippen LogP) is 3.25. The van der Waals surface area contributed by atoms with E-state index in [9.17, 15) is 4.79 Å². The minimum Gasteiger partial charge on any atom is -0.338 e. The molecule has 5 heteroatoms. The van der Waals surface area contributed by atoms with Gasteiger partial charge < -0.3 is 10.6 Å². The molecule has 1 aromatic carbocycles. The van der Waals surface area contributed by atoms with Crippen molar-refractivity contribution in [3.63, 3.8) is 0 Å². The van der Waals surface area contributed by atoms with Crippen molar-refractivity contribution < 1.29 is 4.79 Å². The van der Waals surface area contributed by atoms with Gasteiger partial charge in [-0.2, -0.15) is 0 Å². The van der Waals surface area contributed by atoms with Crippen LogP contribution in [0.2, 0.25) is 10.0 Å². The first kappa shape index (κ1) is 14.6. The fourth-order valence-electron chi connectivity index (χ4n) is 2.26. The molecule has 2 rings (SSSR count). The Morgan fingerprint density at radius 2 is 2.11 bits per heavy atom. The van der Waals surface area contributed by atoms with Crippen LogP contribution in [0.1, 0.15) is 31.4 Å². The second kappa shape index (κ2) is 5.31. The van der Waals surface area contributed by atoms with Crippen LogP contribution in [0.4, 0.5) is 0 Å². The molecule has 1 unspecified atom stereocenters. The third-order valence-corrected chi connectivity index (χ3v) is 4.57. The van der Waals surface area contributed by atoms with Crippen LogP contribution >= 0.6 is 23.2 Å². The summed E-state index contributed by atoms with van der Waals surface area (Å²) in [6.07, 6.45) is 1.77. The summed E-state index contributed by atoms with van der Waals surface area (Å²) < 4.78 is 0. The van der Waals surface area contributed by atoms with Gasteiger partial charge in [0, 0.05) is 23.6 Å². The maximum absolute atomic E-state index is 12.4. The Morgan fingerprint density at radius 3 is 2.58 bits per heavy atom. The van der Waals surface area contributed by atoms with Gasteiger partial charge in [0.15, 0.2) is 0 Å². The lowest BCUT2D eigenvalue weighted by molar-refractivity contribution is -0.137. The number of carbonyl (C=O) groups excluding carboxylic acids is 1. The van der Waals surface area contributed by atoms with Crippen molar-refractivity contribution in [2.24, 2.45) is 11.1 Å². The molecule has 0 spiro atoms. The molecular formula is C14H18Cl2N2O. The molecular weight excluding hydrogens is 283 g/mol. The van der Waals surface area contributed by atoms with Crippen LogP contribution in [0.5, 0.6) is 0 Å². The maximum atomic E-state index is 12.4. The SMILES string of the molecule is CC(c1ccc(Cl)cc1Cl)N(C)C(=O)C1(CN)CC1. The lowest BCUT2D eigenvalue weighted by Crippen LogP contribution is -2.39. The second-order valence-electron chi connectivity index (χ2n) is 5.24. The molecule has 1 saturated carbocycles. The van der Waals surface area contributed by atoms with Gasteiger partial charge in [0.25, 0.3) is 0 Å². The lowest BCUT2D eigenvalue weighted by atomic mass is 10.0. The zero-order chi connectivity index (χ0) is 14.2. The third-order valence-electron chi connectivity index (χ3n) is 4.01. The predicted molar refractivity (Wildman–Crippen MR) is 78.4 cm³/mol. The Bertz CT molecular complexity index is 500. The van der Waals surface area contributed by atoms with Gasteiger partial charge in [-0.3, -0.25) is 4.79 Å². The number of hydrogen-bond donors (Lipinski definition) is 1. The molecule has 0 radical (unpaired) electrons. The summed E-state index contributed by atoms with van der Waals surface area (Å²) in [5, 5.41) is 1.17. The average Bonchev–Trinajstić information content (AvgIpc) is 3.17. The van der Waals surface area contributed by atoms with Crippen molar-refractivity contribution in [1.82, 2.24) is 4.90 Å². The van der Waals surface area contributed by atoms with Gasteiger partial charge in [-0.25, -0.2) is 0 Å². The average molecular weight is 301 g/mol. The molecule has 3 nitrogen and oxygen atoms in total. The first-order valence-corrected chi connectivity index (χ1v) is 7.09. The van der Waals surface area contributed by atoms with E-state index in [0.717, 1.165) is 18.4 Å². The summed E-state index contributed by atoms with van der Waals surface area (Å²) in [5.41, 5.74) is 6.27. The number of nitrogens with zero attached hydrogens (tertiary/aromatic N) is 1. The minimum atomic E-state index is -0.331. The molecule has 0 bridgehead atoms. The molecule has 1 atom stereocenters. The van der Waals surface area contributed by atoms with Gasteiger partial charge in [-0.05, 0) is 37.5 Å². The van der Waals surface area contributed by atoms with Crippen molar-refractivity contribution in [3.8, 4) is 0 Å². The van der Waals surface area contributed by atoms with Gasteiger partial charge in [-0.1, -0.05) is 29.3 Å². The van der Waals surface area contributed by atoms with Crippen LogP contribution in [-0.2, 0) is 4.79 Å². The highest BCUT2D eigenvalue weighted by Crippen LogP contribution is 2.47. The van der Waals surface area contributed by atoms with E-state index in [1.807, 2.05) is 13.0 Å². The Labute approximate surface area is 123 Å². The quantitative estimate of drug-likeness (QED) is 0.928. The van der Waals surface area contributed by atoms with E-state index in [2.05, 4.69) is 0 Å². The number of benzene rings is 1. The zero-order valence-electron chi connectivity index (χ0n) is 11.1. The summed E-state index contributed by atoms with van der Waals surface area (Å²) >= 11 is 12.1. The van der Waals surface area contributed by atoms with E-state index >= 15 is 0 Å². The van der Waals surface area contributed by atoms with Crippen molar-refractivity contribution in [3.05, 3.63) is 33.8 Å². The summed E-state index contributed by atoms with van der Waals surface area (Å²) in [7, 11) is 1.80. The smallest absolute Gasteiger partial charge is 0.230 e. The Balaban J connectivity index is 2.19. The maximum Gasteiger partial charge on any atom is 0.230 e. The molecule has 0 heterocycles. The van der Waals surface area contributed by atoms with Crippen LogP contribution in [0.3, 0.4) is 0 Å². The van der Waals surface area contributed by atoms with Crippen LogP contribution in [-0.4, -0.2) is 24.4 Å².